The van der Waals surface area contributed by atoms with E-state index in [1.165, 1.54) is 18.2 Å². The summed E-state index contributed by atoms with van der Waals surface area (Å²) in [5.41, 5.74) is 1.60. The summed E-state index contributed by atoms with van der Waals surface area (Å²) in [4.78, 5) is 24.8. The molecule has 2 aromatic carbocycles. The predicted octanol–water partition coefficient (Wildman–Crippen LogP) is 2.78. The Balaban J connectivity index is 1.60. The Morgan fingerprint density at radius 3 is 2.75 bits per heavy atom. The first-order chi connectivity index (χ1) is 13.3. The van der Waals surface area contributed by atoms with Crippen molar-refractivity contribution in [2.75, 3.05) is 15.4 Å². The third kappa shape index (κ3) is 3.12. The highest BCUT2D eigenvalue weighted by atomic mass is 35.5. The van der Waals surface area contributed by atoms with Crippen molar-refractivity contribution in [1.29, 1.82) is 0 Å². The predicted molar refractivity (Wildman–Crippen MR) is 106 cm³/mol. The van der Waals surface area contributed by atoms with Gasteiger partial charge in [0.15, 0.2) is 0 Å². The first-order valence-corrected chi connectivity index (χ1v) is 10.4. The van der Waals surface area contributed by atoms with E-state index < -0.39 is 27.8 Å². The molecule has 28 heavy (non-hydrogen) atoms. The fourth-order valence-electron chi connectivity index (χ4n) is 3.11. The summed E-state index contributed by atoms with van der Waals surface area (Å²) in [6.45, 7) is 1.56. The van der Waals surface area contributed by atoms with Crippen LogP contribution in [0.25, 0.3) is 10.9 Å². The van der Waals surface area contributed by atoms with Gasteiger partial charge >= 0.3 is 0 Å². The van der Waals surface area contributed by atoms with Gasteiger partial charge in [0.05, 0.1) is 39.7 Å². The molecule has 1 fully saturated rings. The van der Waals surface area contributed by atoms with Gasteiger partial charge in [-0.2, -0.15) is 5.10 Å². The van der Waals surface area contributed by atoms with Gasteiger partial charge in [0.1, 0.15) is 0 Å². The van der Waals surface area contributed by atoms with E-state index in [4.69, 9.17) is 11.6 Å². The molecule has 0 unspecified atom stereocenters. The van der Waals surface area contributed by atoms with Crippen molar-refractivity contribution in [3.8, 4) is 0 Å². The van der Waals surface area contributed by atoms with Crippen molar-refractivity contribution in [3.63, 3.8) is 0 Å². The molecule has 10 heteroatoms. The fraction of sp³-hybridized carbons (Fsp3) is 0.167. The SMILES string of the molecule is C[C@H]1CS(=O)(=O)N(c2ccc(C(=O)Nc3ccc4cn[nH]c4c3)c(Cl)c2)C1=O. The van der Waals surface area contributed by atoms with Crippen LogP contribution in [0.3, 0.4) is 0 Å². The van der Waals surface area contributed by atoms with Gasteiger partial charge in [0, 0.05) is 11.1 Å². The number of rotatable bonds is 3. The lowest BCUT2D eigenvalue weighted by molar-refractivity contribution is -0.119. The number of halogens is 1. The normalized spacial score (nSPS) is 18.6. The maximum absolute atomic E-state index is 12.6. The van der Waals surface area contributed by atoms with Gasteiger partial charge in [-0.1, -0.05) is 18.5 Å². The van der Waals surface area contributed by atoms with Crippen molar-refractivity contribution in [1.82, 2.24) is 10.2 Å². The van der Waals surface area contributed by atoms with Gasteiger partial charge in [-0.3, -0.25) is 14.7 Å². The van der Waals surface area contributed by atoms with Crippen LogP contribution in [0, 0.1) is 5.92 Å². The monoisotopic (exact) mass is 418 g/mol. The summed E-state index contributed by atoms with van der Waals surface area (Å²) in [5.74, 6) is -1.84. The summed E-state index contributed by atoms with van der Waals surface area (Å²) in [5, 5.41) is 10.4. The summed E-state index contributed by atoms with van der Waals surface area (Å²) in [6, 6.07) is 9.38. The molecule has 0 saturated carbocycles. The number of nitrogens with one attached hydrogen (secondary N) is 2. The first-order valence-electron chi connectivity index (χ1n) is 8.37. The molecule has 1 aliphatic rings. The van der Waals surface area contributed by atoms with Crippen LogP contribution in [0.5, 0.6) is 0 Å². The Labute approximate surface area is 165 Å². The molecule has 2 amide bonds. The van der Waals surface area contributed by atoms with E-state index in [0.717, 1.165) is 15.2 Å². The number of aromatic amines is 1. The molecule has 0 spiro atoms. The Morgan fingerprint density at radius 1 is 1.29 bits per heavy atom. The van der Waals surface area contributed by atoms with E-state index in [-0.39, 0.29) is 22.0 Å². The zero-order valence-electron chi connectivity index (χ0n) is 14.6. The van der Waals surface area contributed by atoms with Crippen LogP contribution in [0.1, 0.15) is 17.3 Å². The molecule has 0 aliphatic carbocycles. The molecule has 4 rings (SSSR count). The molecule has 0 bridgehead atoms. The number of amides is 2. The summed E-state index contributed by atoms with van der Waals surface area (Å²) < 4.78 is 25.2. The minimum atomic E-state index is -3.74. The summed E-state index contributed by atoms with van der Waals surface area (Å²) >= 11 is 6.21. The molecule has 1 atom stereocenters. The maximum atomic E-state index is 12.6. The number of aromatic nitrogens is 2. The second-order valence-corrected chi connectivity index (χ2v) is 8.84. The Bertz CT molecular complexity index is 1220. The number of nitrogens with zero attached hydrogens (tertiary/aromatic N) is 2. The largest absolute Gasteiger partial charge is 0.322 e. The van der Waals surface area contributed by atoms with Crippen LogP contribution in [0.4, 0.5) is 11.4 Å². The van der Waals surface area contributed by atoms with E-state index >= 15 is 0 Å². The number of anilines is 2. The van der Waals surface area contributed by atoms with E-state index in [1.807, 2.05) is 6.07 Å². The molecule has 1 aromatic heterocycles. The smallest absolute Gasteiger partial charge is 0.257 e. The van der Waals surface area contributed by atoms with E-state index in [9.17, 15) is 18.0 Å². The van der Waals surface area contributed by atoms with Crippen LogP contribution >= 0.6 is 11.6 Å². The molecule has 0 radical (unpaired) electrons. The number of fused-ring (bicyclic) bond motifs is 1. The standard InChI is InChI=1S/C18H15ClN4O4S/c1-10-9-28(26,27)23(18(10)25)13-4-5-14(15(19)7-13)17(24)21-12-3-2-11-8-20-22-16(11)6-12/h2-8,10H,9H2,1H3,(H,20,22)(H,21,24)/t10-/m0/s1. The third-order valence-corrected chi connectivity index (χ3v) is 6.67. The van der Waals surface area contributed by atoms with Crippen molar-refractivity contribution in [3.05, 3.63) is 53.2 Å². The summed E-state index contributed by atoms with van der Waals surface area (Å²) in [6.07, 6.45) is 1.67. The molecule has 2 heterocycles. The summed E-state index contributed by atoms with van der Waals surface area (Å²) in [7, 11) is -3.74. The van der Waals surface area contributed by atoms with Crippen LogP contribution in [0.2, 0.25) is 5.02 Å². The average molecular weight is 419 g/mol. The topological polar surface area (TPSA) is 112 Å². The molecule has 1 aliphatic heterocycles. The van der Waals surface area contributed by atoms with Gasteiger partial charge in [-0.15, -0.1) is 0 Å². The second kappa shape index (κ2) is 6.61. The molecule has 1 saturated heterocycles. The fourth-order valence-corrected chi connectivity index (χ4v) is 5.19. The molecular weight excluding hydrogens is 404 g/mol. The Morgan fingerprint density at radius 2 is 2.07 bits per heavy atom. The van der Waals surface area contributed by atoms with Gasteiger partial charge in [-0.25, -0.2) is 12.7 Å². The number of carbonyl (C=O) groups is 2. The lowest BCUT2D eigenvalue weighted by Crippen LogP contribution is -2.30. The zero-order valence-corrected chi connectivity index (χ0v) is 16.2. The lowest BCUT2D eigenvalue weighted by atomic mass is 10.1. The van der Waals surface area contributed by atoms with E-state index in [1.54, 1.807) is 25.3 Å². The van der Waals surface area contributed by atoms with Crippen LogP contribution in [-0.4, -0.2) is 36.2 Å². The zero-order chi connectivity index (χ0) is 20.1. The number of sulfonamides is 1. The minimum Gasteiger partial charge on any atom is -0.322 e. The highest BCUT2D eigenvalue weighted by molar-refractivity contribution is 7.94. The molecule has 2 N–H and O–H groups in total. The molecule has 144 valence electrons. The molecule has 3 aromatic rings. The Hall–Kier alpha value is -2.91. The van der Waals surface area contributed by atoms with Gasteiger partial charge < -0.3 is 5.32 Å². The van der Waals surface area contributed by atoms with Crippen molar-refractivity contribution < 1.29 is 18.0 Å². The van der Waals surface area contributed by atoms with E-state index in [2.05, 4.69) is 15.5 Å². The number of hydrogen-bond acceptors (Lipinski definition) is 5. The average Bonchev–Trinajstić information content (AvgIpc) is 3.16. The van der Waals surface area contributed by atoms with Crippen molar-refractivity contribution in [2.45, 2.75) is 6.92 Å². The third-order valence-electron chi connectivity index (χ3n) is 4.49. The van der Waals surface area contributed by atoms with Crippen molar-refractivity contribution in [2.24, 2.45) is 5.92 Å². The Kier molecular flexibility index (Phi) is 4.35. The quantitative estimate of drug-likeness (QED) is 0.679. The van der Waals surface area contributed by atoms with Crippen LogP contribution < -0.4 is 9.62 Å². The van der Waals surface area contributed by atoms with Crippen LogP contribution in [-0.2, 0) is 14.8 Å². The highest BCUT2D eigenvalue weighted by Gasteiger charge is 2.42. The van der Waals surface area contributed by atoms with Gasteiger partial charge in [0.2, 0.25) is 15.9 Å². The second-order valence-electron chi connectivity index (χ2n) is 6.57. The first kappa shape index (κ1) is 18.5. The lowest BCUT2D eigenvalue weighted by Gasteiger charge is -2.16. The number of carbonyl (C=O) groups excluding carboxylic acids is 2. The number of hydrogen-bond donors (Lipinski definition) is 2. The number of H-pyrrole nitrogens is 1. The maximum Gasteiger partial charge on any atom is 0.257 e. The van der Waals surface area contributed by atoms with Gasteiger partial charge in [-0.05, 0) is 36.4 Å². The minimum absolute atomic E-state index is 0.0418. The number of benzene rings is 2. The molecular formula is C18H15ClN4O4S. The highest BCUT2D eigenvalue weighted by Crippen LogP contribution is 2.31. The van der Waals surface area contributed by atoms with E-state index in [0.29, 0.717) is 5.69 Å². The van der Waals surface area contributed by atoms with Gasteiger partial charge in [0.25, 0.3) is 5.91 Å². The van der Waals surface area contributed by atoms with Crippen LogP contribution in [0.15, 0.2) is 42.6 Å². The molecule has 8 nitrogen and oxygen atoms in total. The van der Waals surface area contributed by atoms with Crippen molar-refractivity contribution >= 4 is 55.7 Å².